The second kappa shape index (κ2) is 5.56. The number of rotatable bonds is 3. The fraction of sp³-hybridized carbons (Fsp3) is 0.429. The fourth-order valence-corrected chi connectivity index (χ4v) is 2.20. The molecule has 1 aliphatic carbocycles. The van der Waals surface area contributed by atoms with E-state index in [2.05, 4.69) is 12.1 Å². The van der Waals surface area contributed by atoms with Crippen molar-refractivity contribution in [2.24, 2.45) is 5.73 Å². The first-order chi connectivity index (χ1) is 8.20. The van der Waals surface area contributed by atoms with Crippen molar-refractivity contribution in [1.82, 2.24) is 0 Å². The quantitative estimate of drug-likeness (QED) is 0.892. The predicted molar refractivity (Wildman–Crippen MR) is 71.4 cm³/mol. The molecule has 92 valence electrons. The third-order valence-corrected chi connectivity index (χ3v) is 3.50. The average molecular weight is 252 g/mol. The van der Waals surface area contributed by atoms with Gasteiger partial charge in [0.2, 0.25) is 0 Å². The average Bonchev–Trinajstić information content (AvgIpc) is 2.36. The lowest BCUT2D eigenvalue weighted by Gasteiger charge is -2.22. The topological polar surface area (TPSA) is 35.2 Å². The van der Waals surface area contributed by atoms with Crippen molar-refractivity contribution in [1.29, 1.82) is 0 Å². The molecule has 0 unspecified atom stereocenters. The Kier molecular flexibility index (Phi) is 4.08. The van der Waals surface area contributed by atoms with Gasteiger partial charge in [-0.15, -0.1) is 0 Å². The van der Waals surface area contributed by atoms with E-state index in [4.69, 9.17) is 22.1 Å². The lowest BCUT2D eigenvalue weighted by atomic mass is 9.88. The minimum absolute atomic E-state index is 0.159. The number of halogens is 1. The van der Waals surface area contributed by atoms with Crippen LogP contribution < -0.4 is 10.5 Å². The van der Waals surface area contributed by atoms with Crippen LogP contribution in [0.25, 0.3) is 0 Å². The molecule has 0 saturated heterocycles. The van der Waals surface area contributed by atoms with Crippen LogP contribution in [0.2, 0.25) is 0 Å². The van der Waals surface area contributed by atoms with Gasteiger partial charge >= 0.3 is 0 Å². The van der Waals surface area contributed by atoms with Gasteiger partial charge in [0.15, 0.2) is 0 Å². The van der Waals surface area contributed by atoms with Gasteiger partial charge in [-0.05, 0) is 55.0 Å². The molecule has 0 amide bonds. The zero-order valence-corrected chi connectivity index (χ0v) is 10.8. The fourth-order valence-electron chi connectivity index (χ4n) is 2.13. The van der Waals surface area contributed by atoms with Gasteiger partial charge in [0.1, 0.15) is 12.4 Å². The van der Waals surface area contributed by atoms with Crippen molar-refractivity contribution < 1.29 is 4.74 Å². The van der Waals surface area contributed by atoms with Crippen LogP contribution in [0, 0.1) is 0 Å². The Morgan fingerprint density at radius 2 is 2.41 bits per heavy atom. The van der Waals surface area contributed by atoms with E-state index in [0.29, 0.717) is 6.61 Å². The normalized spacial score (nSPS) is 19.9. The van der Waals surface area contributed by atoms with Crippen LogP contribution in [-0.4, -0.2) is 6.61 Å². The third-order valence-electron chi connectivity index (χ3n) is 3.13. The van der Waals surface area contributed by atoms with Crippen molar-refractivity contribution in [3.8, 4) is 5.75 Å². The highest BCUT2D eigenvalue weighted by atomic mass is 35.5. The summed E-state index contributed by atoms with van der Waals surface area (Å²) in [4.78, 5) is 0. The van der Waals surface area contributed by atoms with Crippen molar-refractivity contribution in [2.45, 2.75) is 32.2 Å². The van der Waals surface area contributed by atoms with Crippen molar-refractivity contribution >= 4 is 11.6 Å². The molecule has 17 heavy (non-hydrogen) atoms. The summed E-state index contributed by atoms with van der Waals surface area (Å²) in [5.74, 6) is 0.874. The molecule has 3 heteroatoms. The van der Waals surface area contributed by atoms with Gasteiger partial charge in [-0.2, -0.15) is 0 Å². The summed E-state index contributed by atoms with van der Waals surface area (Å²) in [6.45, 7) is 2.47. The van der Waals surface area contributed by atoms with E-state index in [1.807, 2.05) is 13.0 Å². The standard InChI is InChI=1S/C14H18ClNO/c1-10(8-15)9-17-12-6-5-11-3-2-4-14(16)13(11)7-12/h5-8,14H,2-4,9,16H2,1H3/b10-8-/t14-/m0/s1. The van der Waals surface area contributed by atoms with E-state index in [0.717, 1.165) is 24.2 Å². The maximum atomic E-state index is 6.11. The molecule has 2 nitrogen and oxygen atoms in total. The summed E-state index contributed by atoms with van der Waals surface area (Å²) in [5.41, 5.74) is 11.3. The summed E-state index contributed by atoms with van der Waals surface area (Å²) >= 11 is 5.59. The first kappa shape index (κ1) is 12.5. The Bertz CT molecular complexity index is 428. The molecule has 1 aromatic carbocycles. The Hall–Kier alpha value is -0.990. The number of hydrogen-bond donors (Lipinski definition) is 1. The minimum Gasteiger partial charge on any atom is -0.489 e. The van der Waals surface area contributed by atoms with Crippen LogP contribution in [0.3, 0.4) is 0 Å². The Morgan fingerprint density at radius 1 is 1.59 bits per heavy atom. The molecule has 0 spiro atoms. The summed E-state index contributed by atoms with van der Waals surface area (Å²) in [5, 5.41) is 0. The summed E-state index contributed by atoms with van der Waals surface area (Å²) in [6.07, 6.45) is 3.38. The number of aryl methyl sites for hydroxylation is 1. The monoisotopic (exact) mass is 251 g/mol. The number of ether oxygens (including phenoxy) is 1. The van der Waals surface area contributed by atoms with Crippen LogP contribution in [0.1, 0.15) is 36.9 Å². The van der Waals surface area contributed by atoms with Crippen LogP contribution in [0.15, 0.2) is 29.3 Å². The SMILES string of the molecule is C/C(=C/Cl)COc1ccc2c(c1)[C@@H](N)CCC2. The van der Waals surface area contributed by atoms with E-state index in [9.17, 15) is 0 Å². The van der Waals surface area contributed by atoms with Crippen molar-refractivity contribution in [3.05, 3.63) is 40.4 Å². The van der Waals surface area contributed by atoms with Crippen LogP contribution in [-0.2, 0) is 6.42 Å². The molecule has 0 aromatic heterocycles. The summed E-state index contributed by atoms with van der Waals surface area (Å²) < 4.78 is 5.66. The number of hydrogen-bond acceptors (Lipinski definition) is 2. The zero-order chi connectivity index (χ0) is 12.3. The van der Waals surface area contributed by atoms with Crippen LogP contribution >= 0.6 is 11.6 Å². The van der Waals surface area contributed by atoms with E-state index < -0.39 is 0 Å². The highest BCUT2D eigenvalue weighted by molar-refractivity contribution is 6.25. The Labute approximate surface area is 107 Å². The smallest absolute Gasteiger partial charge is 0.120 e. The molecule has 0 bridgehead atoms. The lowest BCUT2D eigenvalue weighted by molar-refractivity contribution is 0.351. The van der Waals surface area contributed by atoms with E-state index in [1.54, 1.807) is 5.54 Å². The minimum atomic E-state index is 0.159. The van der Waals surface area contributed by atoms with Gasteiger partial charge < -0.3 is 10.5 Å². The first-order valence-corrected chi connectivity index (χ1v) is 6.41. The zero-order valence-electron chi connectivity index (χ0n) is 10.1. The molecule has 0 saturated carbocycles. The van der Waals surface area contributed by atoms with Gasteiger partial charge in [-0.3, -0.25) is 0 Å². The molecule has 0 aliphatic heterocycles. The molecule has 1 atom stereocenters. The molecule has 1 aromatic rings. The van der Waals surface area contributed by atoms with Gasteiger partial charge in [0.05, 0.1) is 0 Å². The molecule has 1 aliphatic rings. The van der Waals surface area contributed by atoms with E-state index in [1.165, 1.54) is 17.5 Å². The van der Waals surface area contributed by atoms with Gasteiger partial charge in [-0.1, -0.05) is 17.7 Å². The molecule has 2 N–H and O–H groups in total. The molecule has 0 radical (unpaired) electrons. The molecule has 0 fully saturated rings. The number of benzene rings is 1. The van der Waals surface area contributed by atoms with Crippen LogP contribution in [0.4, 0.5) is 0 Å². The van der Waals surface area contributed by atoms with E-state index >= 15 is 0 Å². The second-order valence-electron chi connectivity index (χ2n) is 4.60. The van der Waals surface area contributed by atoms with Crippen LogP contribution in [0.5, 0.6) is 5.75 Å². The van der Waals surface area contributed by atoms with Crippen molar-refractivity contribution in [3.63, 3.8) is 0 Å². The van der Waals surface area contributed by atoms with Gasteiger partial charge in [-0.25, -0.2) is 0 Å². The van der Waals surface area contributed by atoms with E-state index in [-0.39, 0.29) is 6.04 Å². The summed E-state index contributed by atoms with van der Waals surface area (Å²) in [7, 11) is 0. The first-order valence-electron chi connectivity index (χ1n) is 5.98. The largest absolute Gasteiger partial charge is 0.489 e. The maximum Gasteiger partial charge on any atom is 0.120 e. The predicted octanol–water partition coefficient (Wildman–Crippen LogP) is 3.54. The van der Waals surface area contributed by atoms with Gasteiger partial charge in [0, 0.05) is 11.6 Å². The molecule has 2 rings (SSSR count). The van der Waals surface area contributed by atoms with Gasteiger partial charge in [0.25, 0.3) is 0 Å². The van der Waals surface area contributed by atoms with Crippen molar-refractivity contribution in [2.75, 3.05) is 6.61 Å². The Morgan fingerprint density at radius 3 is 3.18 bits per heavy atom. The Balaban J connectivity index is 2.12. The second-order valence-corrected chi connectivity index (χ2v) is 4.82. The third kappa shape index (κ3) is 3.02. The molecule has 0 heterocycles. The number of fused-ring (bicyclic) bond motifs is 1. The highest BCUT2D eigenvalue weighted by Crippen LogP contribution is 2.30. The summed E-state index contributed by atoms with van der Waals surface area (Å²) in [6, 6.07) is 6.37. The maximum absolute atomic E-state index is 6.11. The highest BCUT2D eigenvalue weighted by Gasteiger charge is 2.17. The number of nitrogens with two attached hydrogens (primary N) is 1. The lowest BCUT2D eigenvalue weighted by Crippen LogP contribution is -2.17. The molecular weight excluding hydrogens is 234 g/mol. The molecular formula is C14H18ClNO.